The highest BCUT2D eigenvalue weighted by molar-refractivity contribution is 5.92. The number of nitrogens with zero attached hydrogens (tertiary/aromatic N) is 1. The first-order chi connectivity index (χ1) is 17.9. The van der Waals surface area contributed by atoms with Crippen molar-refractivity contribution in [2.24, 2.45) is 11.3 Å². The monoisotopic (exact) mass is 496 g/mol. The fourth-order valence-electron chi connectivity index (χ4n) is 8.60. The number of phenols is 1. The van der Waals surface area contributed by atoms with Crippen LogP contribution < -0.4 is 10.1 Å². The van der Waals surface area contributed by atoms with Crippen LogP contribution in [0.25, 0.3) is 6.08 Å². The average Bonchev–Trinajstić information content (AvgIpc) is 3.64. The number of rotatable bonds is 5. The van der Waals surface area contributed by atoms with E-state index in [1.165, 1.54) is 18.4 Å². The van der Waals surface area contributed by atoms with Gasteiger partial charge in [-0.05, 0) is 67.8 Å². The van der Waals surface area contributed by atoms with Crippen LogP contribution in [-0.4, -0.2) is 57.9 Å². The fourth-order valence-corrected chi connectivity index (χ4v) is 8.60. The number of aromatic hydroxyl groups is 1. The van der Waals surface area contributed by atoms with Crippen LogP contribution in [0.3, 0.4) is 0 Å². The van der Waals surface area contributed by atoms with E-state index in [-0.39, 0.29) is 23.1 Å². The molecule has 9 rings (SSSR count). The number of nitrogens with one attached hydrogen (secondary N) is 1. The predicted molar refractivity (Wildman–Crippen MR) is 139 cm³/mol. The zero-order valence-corrected chi connectivity index (χ0v) is 20.8. The number of aliphatic hydroxyl groups is 1. The predicted octanol–water partition coefficient (Wildman–Crippen LogP) is 3.32. The molecule has 2 spiro atoms. The van der Waals surface area contributed by atoms with Crippen LogP contribution in [0.5, 0.6) is 11.5 Å². The number of amides is 1. The molecule has 2 aromatic carbocycles. The van der Waals surface area contributed by atoms with Gasteiger partial charge < -0.3 is 20.3 Å². The molecule has 6 nitrogen and oxygen atoms in total. The smallest absolute Gasteiger partial charge is 0.244 e. The molecular weight excluding hydrogens is 464 g/mol. The van der Waals surface area contributed by atoms with Crippen LogP contribution in [0.1, 0.15) is 42.4 Å². The second kappa shape index (κ2) is 7.27. The van der Waals surface area contributed by atoms with Crippen LogP contribution >= 0.6 is 0 Å². The minimum Gasteiger partial charge on any atom is -0.504 e. The minimum atomic E-state index is -1.36. The van der Waals surface area contributed by atoms with Gasteiger partial charge in [-0.25, -0.2) is 0 Å². The van der Waals surface area contributed by atoms with Gasteiger partial charge in [0, 0.05) is 29.6 Å². The minimum absolute atomic E-state index is 0.144. The van der Waals surface area contributed by atoms with Crippen LogP contribution in [0.4, 0.5) is 0 Å². The third kappa shape index (κ3) is 2.75. The van der Waals surface area contributed by atoms with Crippen LogP contribution in [-0.2, 0) is 16.6 Å². The van der Waals surface area contributed by atoms with E-state index in [4.69, 9.17) is 4.74 Å². The number of ether oxygens (including phenoxy) is 1. The number of hydrogen-bond donors (Lipinski definition) is 3. The molecule has 2 heterocycles. The first-order valence-electron chi connectivity index (χ1n) is 13.7. The number of fused-ring (bicyclic) bond motifs is 1. The van der Waals surface area contributed by atoms with E-state index in [0.717, 1.165) is 43.0 Å². The Hall–Kier alpha value is -3.09. The Morgan fingerprint density at radius 3 is 2.81 bits per heavy atom. The summed E-state index contributed by atoms with van der Waals surface area (Å²) >= 11 is 0. The molecule has 6 heteroatoms. The summed E-state index contributed by atoms with van der Waals surface area (Å²) in [6.07, 6.45) is 12.0. The summed E-state index contributed by atoms with van der Waals surface area (Å²) in [5, 5.41) is 26.3. The first kappa shape index (κ1) is 21.9. The van der Waals surface area contributed by atoms with Gasteiger partial charge in [-0.3, -0.25) is 9.69 Å². The largest absolute Gasteiger partial charge is 0.504 e. The number of carbonyl (C=O) groups excluding carboxylic acids is 1. The molecule has 2 aromatic rings. The second-order valence-corrected chi connectivity index (χ2v) is 12.1. The third-order valence-corrected chi connectivity index (χ3v) is 10.3. The lowest BCUT2D eigenvalue weighted by molar-refractivity contribution is -0.193. The van der Waals surface area contributed by atoms with Gasteiger partial charge in [0.1, 0.15) is 11.7 Å². The molecule has 7 aliphatic rings. The van der Waals surface area contributed by atoms with Gasteiger partial charge in [-0.2, -0.15) is 0 Å². The van der Waals surface area contributed by atoms with E-state index in [0.29, 0.717) is 12.2 Å². The van der Waals surface area contributed by atoms with Crippen molar-refractivity contribution in [3.8, 4) is 11.5 Å². The summed E-state index contributed by atoms with van der Waals surface area (Å²) in [6.45, 7) is 2.08. The van der Waals surface area contributed by atoms with Crippen molar-refractivity contribution in [1.82, 2.24) is 10.2 Å². The lowest BCUT2D eigenvalue weighted by Crippen LogP contribution is -2.81. The normalized spacial score (nSPS) is 38.5. The summed E-state index contributed by atoms with van der Waals surface area (Å²) in [5.74, 6) is 1.25. The molecule has 1 amide bonds. The number of carbonyl (C=O) groups is 1. The molecule has 6 atom stereocenters. The molecule has 3 N–H and O–H groups in total. The summed E-state index contributed by atoms with van der Waals surface area (Å²) in [5.41, 5.74) is 1.26. The molecule has 0 radical (unpaired) electrons. The quantitative estimate of drug-likeness (QED) is 0.437. The number of piperidine rings is 1. The number of hydrogen-bond acceptors (Lipinski definition) is 5. The standard InChI is InChI=1S/C31H32N2O4/c34-22-10-9-21-16-24-29-12-13-31(36,23(17-29)32-25(35)11-8-19-4-2-1-3-5-19)28-30(29,26(21)27(22)37-28)14-15-33(24)18-20-6-7-20/h1-5,8-13,20,23-24,28,34,36H,6-7,14-18H2,(H,32,35)/b11-8+/t23-,24-,28+,29+,30-,31-/m0/s1. The highest BCUT2D eigenvalue weighted by Gasteiger charge is 2.79. The summed E-state index contributed by atoms with van der Waals surface area (Å²) in [6, 6.07) is 13.3. The molecule has 1 saturated heterocycles. The SMILES string of the molecule is O=C(/C=C/c1ccccc1)N[C@H]1C[C@@]23C=C[C@@]1(O)[C@@H]1Oc4c(O)ccc5c4[C@@]12CCN(CC1CC1)[C@H]3C5. The number of benzene rings is 2. The Morgan fingerprint density at radius 2 is 2.00 bits per heavy atom. The van der Waals surface area contributed by atoms with Crippen LogP contribution in [0.15, 0.2) is 60.7 Å². The van der Waals surface area contributed by atoms with E-state index in [1.54, 1.807) is 18.2 Å². The van der Waals surface area contributed by atoms with Crippen molar-refractivity contribution in [1.29, 1.82) is 0 Å². The number of likely N-dealkylation sites (tertiary alicyclic amines) is 1. The van der Waals surface area contributed by atoms with Crippen LogP contribution in [0.2, 0.25) is 0 Å². The molecule has 3 fully saturated rings. The van der Waals surface area contributed by atoms with Crippen molar-refractivity contribution < 1.29 is 19.7 Å². The van der Waals surface area contributed by atoms with Crippen LogP contribution in [0, 0.1) is 11.3 Å². The maximum absolute atomic E-state index is 13.1. The van der Waals surface area contributed by atoms with E-state index in [1.807, 2.05) is 36.4 Å². The highest BCUT2D eigenvalue weighted by Crippen LogP contribution is 2.73. The zero-order chi connectivity index (χ0) is 25.0. The van der Waals surface area contributed by atoms with E-state index in [2.05, 4.69) is 22.4 Å². The van der Waals surface area contributed by atoms with E-state index < -0.39 is 23.2 Å². The maximum Gasteiger partial charge on any atom is 0.244 e. The van der Waals surface area contributed by atoms with Gasteiger partial charge in [0.2, 0.25) is 5.91 Å². The second-order valence-electron chi connectivity index (χ2n) is 12.1. The zero-order valence-electron chi connectivity index (χ0n) is 20.8. The lowest BCUT2D eigenvalue weighted by Gasteiger charge is -2.70. The number of phenolic OH excluding ortho intramolecular Hbond substituents is 1. The highest BCUT2D eigenvalue weighted by atomic mass is 16.5. The van der Waals surface area contributed by atoms with E-state index in [9.17, 15) is 15.0 Å². The first-order valence-corrected chi connectivity index (χ1v) is 13.7. The van der Waals surface area contributed by atoms with Crippen molar-refractivity contribution in [2.75, 3.05) is 13.1 Å². The van der Waals surface area contributed by atoms with Gasteiger partial charge in [0.05, 0.1) is 11.5 Å². The Morgan fingerprint density at radius 1 is 1.16 bits per heavy atom. The van der Waals surface area contributed by atoms with Gasteiger partial charge in [0.25, 0.3) is 0 Å². The molecule has 37 heavy (non-hydrogen) atoms. The summed E-state index contributed by atoms with van der Waals surface area (Å²) < 4.78 is 6.57. The fraction of sp³-hybridized carbons (Fsp3) is 0.452. The Bertz CT molecular complexity index is 1370. The third-order valence-electron chi connectivity index (χ3n) is 10.3. The average molecular weight is 497 g/mol. The molecule has 0 aromatic heterocycles. The van der Waals surface area contributed by atoms with Crippen molar-refractivity contribution in [3.05, 3.63) is 77.4 Å². The van der Waals surface area contributed by atoms with Crippen molar-refractivity contribution >= 4 is 12.0 Å². The molecule has 190 valence electrons. The topological polar surface area (TPSA) is 82.0 Å². The van der Waals surface area contributed by atoms with Crippen molar-refractivity contribution in [3.63, 3.8) is 0 Å². The Labute approximate surface area is 216 Å². The van der Waals surface area contributed by atoms with Gasteiger partial charge in [-0.15, -0.1) is 0 Å². The molecular formula is C31H32N2O4. The Kier molecular flexibility index (Phi) is 4.31. The molecule has 5 aliphatic carbocycles. The molecule has 4 bridgehead atoms. The molecule has 0 unspecified atom stereocenters. The lowest BCUT2D eigenvalue weighted by atomic mass is 9.38. The van der Waals surface area contributed by atoms with Gasteiger partial charge in [-0.1, -0.05) is 48.6 Å². The van der Waals surface area contributed by atoms with Gasteiger partial charge >= 0.3 is 0 Å². The van der Waals surface area contributed by atoms with E-state index >= 15 is 0 Å². The Balaban J connectivity index is 1.21. The summed E-state index contributed by atoms with van der Waals surface area (Å²) in [4.78, 5) is 15.8. The maximum atomic E-state index is 13.1. The van der Waals surface area contributed by atoms with Crippen molar-refractivity contribution in [2.45, 2.75) is 61.3 Å². The molecule has 2 saturated carbocycles. The van der Waals surface area contributed by atoms with Gasteiger partial charge in [0.15, 0.2) is 11.5 Å². The molecule has 2 aliphatic heterocycles. The summed E-state index contributed by atoms with van der Waals surface area (Å²) in [7, 11) is 0.